The lowest BCUT2D eigenvalue weighted by molar-refractivity contribution is 0.0937. The van der Waals surface area contributed by atoms with Crippen LogP contribution in [0, 0.1) is 0 Å². The van der Waals surface area contributed by atoms with E-state index < -0.39 is 0 Å². The second kappa shape index (κ2) is 6.80. The van der Waals surface area contributed by atoms with Crippen LogP contribution in [-0.2, 0) is 0 Å². The molecule has 2 aromatic rings. The minimum Gasteiger partial charge on any atom is -0.349 e. The first-order valence-electron chi connectivity index (χ1n) is 6.96. The third-order valence-corrected chi connectivity index (χ3v) is 2.86. The Hall–Kier alpha value is -2.76. The molecule has 0 saturated carbocycles. The van der Waals surface area contributed by atoms with Gasteiger partial charge >= 0.3 is 0 Å². The lowest BCUT2D eigenvalue weighted by Gasteiger charge is -2.09. The molecular weight excluding hydrogens is 280 g/mol. The van der Waals surface area contributed by atoms with E-state index in [9.17, 15) is 9.59 Å². The quantitative estimate of drug-likeness (QED) is 0.829. The molecule has 6 heteroatoms. The zero-order valence-corrected chi connectivity index (χ0v) is 12.8. The highest BCUT2D eigenvalue weighted by molar-refractivity contribution is 5.95. The molecule has 1 aromatic carbocycles. The van der Waals surface area contributed by atoms with Gasteiger partial charge in [-0.1, -0.05) is 12.1 Å². The predicted octanol–water partition coefficient (Wildman–Crippen LogP) is 2.56. The highest BCUT2D eigenvalue weighted by atomic mass is 16.2. The summed E-state index contributed by atoms with van der Waals surface area (Å²) in [4.78, 5) is 31.4. The third kappa shape index (κ3) is 4.12. The molecule has 0 bridgehead atoms. The van der Waals surface area contributed by atoms with Gasteiger partial charge in [0.05, 0.1) is 0 Å². The van der Waals surface area contributed by atoms with Gasteiger partial charge in [0, 0.05) is 23.4 Å². The monoisotopic (exact) mass is 298 g/mol. The van der Waals surface area contributed by atoms with Crippen LogP contribution in [0.5, 0.6) is 0 Å². The number of anilines is 2. The van der Waals surface area contributed by atoms with E-state index in [1.54, 1.807) is 24.3 Å². The van der Waals surface area contributed by atoms with Crippen molar-refractivity contribution in [2.45, 2.75) is 26.8 Å². The Morgan fingerprint density at radius 1 is 1.14 bits per heavy atom. The molecule has 0 saturated heterocycles. The van der Waals surface area contributed by atoms with E-state index in [2.05, 4.69) is 20.6 Å². The summed E-state index contributed by atoms with van der Waals surface area (Å²) >= 11 is 0. The van der Waals surface area contributed by atoms with Crippen molar-refractivity contribution in [3.8, 4) is 0 Å². The molecule has 0 radical (unpaired) electrons. The Balaban J connectivity index is 2.18. The summed E-state index contributed by atoms with van der Waals surface area (Å²) in [5, 5.41) is 5.84. The highest BCUT2D eigenvalue weighted by Crippen LogP contribution is 2.16. The molecule has 0 aliphatic carbocycles. The Kier molecular flexibility index (Phi) is 4.83. The molecule has 0 fully saturated rings. The van der Waals surface area contributed by atoms with Crippen LogP contribution in [0.25, 0.3) is 0 Å². The van der Waals surface area contributed by atoms with E-state index >= 15 is 0 Å². The summed E-state index contributed by atoms with van der Waals surface area (Å²) < 4.78 is 0. The van der Waals surface area contributed by atoms with Gasteiger partial charge in [-0.2, -0.15) is 0 Å². The van der Waals surface area contributed by atoms with Crippen molar-refractivity contribution in [3.05, 3.63) is 47.9 Å². The first-order chi connectivity index (χ1) is 10.5. The van der Waals surface area contributed by atoms with Crippen LogP contribution >= 0.6 is 0 Å². The van der Waals surface area contributed by atoms with Crippen LogP contribution in [0.2, 0.25) is 0 Å². The van der Waals surface area contributed by atoms with E-state index in [1.807, 2.05) is 19.9 Å². The molecule has 1 amide bonds. The normalized spacial score (nSPS) is 10.4. The average Bonchev–Trinajstić information content (AvgIpc) is 2.47. The number of ketones is 1. The van der Waals surface area contributed by atoms with Crippen molar-refractivity contribution in [1.82, 2.24) is 15.3 Å². The molecule has 114 valence electrons. The molecular formula is C16H18N4O2. The van der Waals surface area contributed by atoms with Gasteiger partial charge in [-0.15, -0.1) is 0 Å². The molecule has 0 aliphatic heterocycles. The lowest BCUT2D eigenvalue weighted by Crippen LogP contribution is -2.30. The van der Waals surface area contributed by atoms with Crippen molar-refractivity contribution in [1.29, 1.82) is 0 Å². The predicted molar refractivity (Wildman–Crippen MR) is 84.4 cm³/mol. The minimum atomic E-state index is -0.252. The van der Waals surface area contributed by atoms with Crippen molar-refractivity contribution in [3.63, 3.8) is 0 Å². The summed E-state index contributed by atoms with van der Waals surface area (Å²) in [6.07, 6.45) is 1.33. The number of amides is 1. The number of carbonyl (C=O) groups is 2. The van der Waals surface area contributed by atoms with E-state index in [0.29, 0.717) is 11.4 Å². The van der Waals surface area contributed by atoms with Gasteiger partial charge in [0.1, 0.15) is 17.8 Å². The van der Waals surface area contributed by atoms with Gasteiger partial charge in [-0.05, 0) is 32.9 Å². The maximum Gasteiger partial charge on any atom is 0.270 e. The molecule has 1 aromatic heterocycles. The fraction of sp³-hybridized carbons (Fsp3) is 0.250. The number of carbonyl (C=O) groups excluding carboxylic acids is 2. The SMILES string of the molecule is CC(=O)c1cccc(Nc2cc(C(=O)NC(C)C)ncn2)c1. The first-order valence-corrected chi connectivity index (χ1v) is 6.96. The molecule has 1 heterocycles. The zero-order valence-electron chi connectivity index (χ0n) is 12.8. The van der Waals surface area contributed by atoms with Crippen LogP contribution < -0.4 is 10.6 Å². The van der Waals surface area contributed by atoms with E-state index in [4.69, 9.17) is 0 Å². The number of benzene rings is 1. The first kappa shape index (κ1) is 15.6. The number of nitrogens with zero attached hydrogens (tertiary/aromatic N) is 2. The van der Waals surface area contributed by atoms with Crippen LogP contribution in [-0.4, -0.2) is 27.7 Å². The third-order valence-electron chi connectivity index (χ3n) is 2.86. The van der Waals surface area contributed by atoms with Gasteiger partial charge in [-0.25, -0.2) is 9.97 Å². The Morgan fingerprint density at radius 3 is 2.59 bits per heavy atom. The number of Topliss-reactive ketones (excluding diaryl/α,β-unsaturated/α-hetero) is 1. The smallest absolute Gasteiger partial charge is 0.270 e. The van der Waals surface area contributed by atoms with Crippen LogP contribution in [0.4, 0.5) is 11.5 Å². The molecule has 0 unspecified atom stereocenters. The van der Waals surface area contributed by atoms with Crippen LogP contribution in [0.15, 0.2) is 36.7 Å². The van der Waals surface area contributed by atoms with Gasteiger partial charge < -0.3 is 10.6 Å². The average molecular weight is 298 g/mol. The summed E-state index contributed by atoms with van der Waals surface area (Å²) in [6, 6.07) is 8.69. The zero-order chi connectivity index (χ0) is 16.1. The second-order valence-electron chi connectivity index (χ2n) is 5.18. The van der Waals surface area contributed by atoms with E-state index in [1.165, 1.54) is 13.3 Å². The van der Waals surface area contributed by atoms with Crippen molar-refractivity contribution < 1.29 is 9.59 Å². The molecule has 2 rings (SSSR count). The lowest BCUT2D eigenvalue weighted by atomic mass is 10.1. The summed E-state index contributed by atoms with van der Waals surface area (Å²) in [6.45, 7) is 5.27. The van der Waals surface area contributed by atoms with E-state index in [-0.39, 0.29) is 23.4 Å². The van der Waals surface area contributed by atoms with Gasteiger partial charge in [-0.3, -0.25) is 9.59 Å². The van der Waals surface area contributed by atoms with Gasteiger partial charge in [0.25, 0.3) is 5.91 Å². The Morgan fingerprint density at radius 2 is 1.91 bits per heavy atom. The number of hydrogen-bond acceptors (Lipinski definition) is 5. The number of nitrogens with one attached hydrogen (secondary N) is 2. The molecule has 0 spiro atoms. The van der Waals surface area contributed by atoms with Gasteiger partial charge in [0.15, 0.2) is 5.78 Å². The second-order valence-corrected chi connectivity index (χ2v) is 5.18. The molecule has 22 heavy (non-hydrogen) atoms. The topological polar surface area (TPSA) is 84.0 Å². The number of hydrogen-bond donors (Lipinski definition) is 2. The molecule has 6 nitrogen and oxygen atoms in total. The summed E-state index contributed by atoms with van der Waals surface area (Å²) in [5.41, 5.74) is 1.62. The van der Waals surface area contributed by atoms with Crippen molar-refractivity contribution in [2.75, 3.05) is 5.32 Å². The number of rotatable bonds is 5. The Labute approximate surface area is 129 Å². The van der Waals surface area contributed by atoms with Crippen LogP contribution in [0.3, 0.4) is 0 Å². The van der Waals surface area contributed by atoms with Crippen molar-refractivity contribution >= 4 is 23.2 Å². The fourth-order valence-corrected chi connectivity index (χ4v) is 1.85. The van der Waals surface area contributed by atoms with E-state index in [0.717, 1.165) is 5.69 Å². The highest BCUT2D eigenvalue weighted by Gasteiger charge is 2.10. The maximum absolute atomic E-state index is 11.9. The fourth-order valence-electron chi connectivity index (χ4n) is 1.85. The molecule has 0 aliphatic rings. The standard InChI is InChI=1S/C16H18N4O2/c1-10(2)19-16(22)14-8-15(18-9-17-14)20-13-6-4-5-12(7-13)11(3)21/h4-10H,1-3H3,(H,19,22)(H,17,18,20). The maximum atomic E-state index is 11.9. The summed E-state index contributed by atoms with van der Waals surface area (Å²) in [7, 11) is 0. The summed E-state index contributed by atoms with van der Waals surface area (Å²) in [5.74, 6) is 0.228. The van der Waals surface area contributed by atoms with Crippen molar-refractivity contribution in [2.24, 2.45) is 0 Å². The minimum absolute atomic E-state index is 0.0108. The Bertz CT molecular complexity index is 698. The molecule has 2 N–H and O–H groups in total. The molecule has 0 atom stereocenters. The van der Waals surface area contributed by atoms with Crippen LogP contribution in [0.1, 0.15) is 41.6 Å². The van der Waals surface area contributed by atoms with Gasteiger partial charge in [0.2, 0.25) is 0 Å². The number of aromatic nitrogens is 2. The largest absolute Gasteiger partial charge is 0.349 e.